The highest BCUT2D eigenvalue weighted by Crippen LogP contribution is 2.22. The number of nitrogens with zero attached hydrogens (tertiary/aromatic N) is 3. The molecule has 1 heterocycles. The summed E-state index contributed by atoms with van der Waals surface area (Å²) in [6.07, 6.45) is 0. The Morgan fingerprint density at radius 1 is 1.32 bits per heavy atom. The largest absolute Gasteiger partial charge is 0.364 e. The highest BCUT2D eigenvalue weighted by Gasteiger charge is 2.12. The minimum atomic E-state index is 0.280. The predicted molar refractivity (Wildman–Crippen MR) is 74.8 cm³/mol. The highest BCUT2D eigenvalue weighted by atomic mass is 16.5. The molecule has 2 N–H and O–H groups in total. The maximum atomic E-state index is 5.47. The van der Waals surface area contributed by atoms with Crippen molar-refractivity contribution in [3.8, 4) is 0 Å². The number of hydrogen-bond acceptors (Lipinski definition) is 5. The van der Waals surface area contributed by atoms with Crippen molar-refractivity contribution in [2.45, 2.75) is 33.9 Å². The molecule has 0 amide bonds. The maximum Gasteiger partial charge on any atom is 0.240 e. The molecule has 0 saturated heterocycles. The zero-order chi connectivity index (χ0) is 13.8. The first-order valence-corrected chi connectivity index (χ1v) is 6.47. The van der Waals surface area contributed by atoms with Crippen molar-refractivity contribution in [2.24, 2.45) is 5.73 Å². The molecule has 102 valence electrons. The van der Waals surface area contributed by atoms with Gasteiger partial charge in [0.2, 0.25) is 5.89 Å². The van der Waals surface area contributed by atoms with E-state index >= 15 is 0 Å². The molecule has 0 unspecified atom stereocenters. The molecule has 1 aromatic carbocycles. The third kappa shape index (κ3) is 3.12. The summed E-state index contributed by atoms with van der Waals surface area (Å²) in [5, 5.41) is 3.94. The van der Waals surface area contributed by atoms with Gasteiger partial charge in [-0.3, -0.25) is 0 Å². The van der Waals surface area contributed by atoms with E-state index in [-0.39, 0.29) is 6.54 Å². The Morgan fingerprint density at radius 2 is 2.11 bits per heavy atom. The molecule has 0 spiro atoms. The molecule has 0 aliphatic heterocycles. The number of benzene rings is 1. The van der Waals surface area contributed by atoms with Gasteiger partial charge in [0, 0.05) is 12.2 Å². The van der Waals surface area contributed by atoms with Crippen molar-refractivity contribution in [3.63, 3.8) is 0 Å². The van der Waals surface area contributed by atoms with E-state index in [2.05, 4.69) is 54.0 Å². The molecule has 0 aliphatic rings. The molecule has 5 nitrogen and oxygen atoms in total. The van der Waals surface area contributed by atoms with Crippen molar-refractivity contribution < 1.29 is 4.52 Å². The van der Waals surface area contributed by atoms with Crippen molar-refractivity contribution in [2.75, 3.05) is 11.4 Å². The van der Waals surface area contributed by atoms with Gasteiger partial charge in [-0.2, -0.15) is 4.98 Å². The van der Waals surface area contributed by atoms with Crippen LogP contribution in [-0.4, -0.2) is 16.7 Å². The summed E-state index contributed by atoms with van der Waals surface area (Å²) in [5.74, 6) is 1.15. The van der Waals surface area contributed by atoms with E-state index in [1.54, 1.807) is 0 Å². The number of anilines is 1. The Bertz CT molecular complexity index is 550. The maximum absolute atomic E-state index is 5.47. The molecule has 0 fully saturated rings. The standard InChI is InChI=1S/C14H20N4O/c1-4-18(9-13-16-14(8-15)19-17-13)12-7-10(2)5-6-11(12)3/h5-7H,4,8-9,15H2,1-3H3. The number of aromatic nitrogens is 2. The minimum Gasteiger partial charge on any atom is -0.364 e. The van der Waals surface area contributed by atoms with Crippen LogP contribution in [-0.2, 0) is 13.1 Å². The molecule has 0 bridgehead atoms. The van der Waals surface area contributed by atoms with E-state index in [1.807, 2.05) is 0 Å². The molecule has 0 aliphatic carbocycles. The smallest absolute Gasteiger partial charge is 0.240 e. The van der Waals surface area contributed by atoms with E-state index in [9.17, 15) is 0 Å². The number of rotatable bonds is 5. The Balaban J connectivity index is 2.22. The predicted octanol–water partition coefficient (Wildman–Crippen LogP) is 2.17. The lowest BCUT2D eigenvalue weighted by atomic mass is 10.1. The van der Waals surface area contributed by atoms with Gasteiger partial charge in [0.15, 0.2) is 5.82 Å². The van der Waals surface area contributed by atoms with Crippen LogP contribution in [0.15, 0.2) is 22.7 Å². The fraction of sp³-hybridized carbons (Fsp3) is 0.429. The fourth-order valence-corrected chi connectivity index (χ4v) is 2.04. The summed E-state index contributed by atoms with van der Waals surface area (Å²) < 4.78 is 5.04. The second-order valence-corrected chi connectivity index (χ2v) is 4.61. The van der Waals surface area contributed by atoms with E-state index in [4.69, 9.17) is 10.3 Å². The number of nitrogens with two attached hydrogens (primary N) is 1. The molecule has 5 heteroatoms. The molecule has 19 heavy (non-hydrogen) atoms. The Labute approximate surface area is 113 Å². The molecular weight excluding hydrogens is 240 g/mol. The van der Waals surface area contributed by atoms with Gasteiger partial charge in [-0.15, -0.1) is 0 Å². The minimum absolute atomic E-state index is 0.280. The van der Waals surface area contributed by atoms with Crippen LogP contribution >= 0.6 is 0 Å². The van der Waals surface area contributed by atoms with E-state index in [0.29, 0.717) is 18.3 Å². The lowest BCUT2D eigenvalue weighted by Crippen LogP contribution is -2.23. The van der Waals surface area contributed by atoms with Gasteiger partial charge in [-0.05, 0) is 38.0 Å². The molecule has 2 aromatic rings. The highest BCUT2D eigenvalue weighted by molar-refractivity contribution is 5.54. The van der Waals surface area contributed by atoms with Gasteiger partial charge < -0.3 is 15.2 Å². The van der Waals surface area contributed by atoms with Gasteiger partial charge in [-0.1, -0.05) is 17.3 Å². The van der Waals surface area contributed by atoms with Gasteiger partial charge >= 0.3 is 0 Å². The first-order chi connectivity index (χ1) is 9.13. The van der Waals surface area contributed by atoms with E-state index in [0.717, 1.165) is 6.54 Å². The van der Waals surface area contributed by atoms with Gasteiger partial charge in [-0.25, -0.2) is 0 Å². The van der Waals surface area contributed by atoms with Crippen LogP contribution in [0.4, 0.5) is 5.69 Å². The Morgan fingerprint density at radius 3 is 2.74 bits per heavy atom. The molecule has 2 rings (SSSR count). The van der Waals surface area contributed by atoms with Crippen molar-refractivity contribution >= 4 is 5.69 Å². The van der Waals surface area contributed by atoms with Crippen LogP contribution in [0.5, 0.6) is 0 Å². The average molecular weight is 260 g/mol. The Hall–Kier alpha value is -1.88. The average Bonchev–Trinajstić information content (AvgIpc) is 2.87. The molecule has 0 atom stereocenters. The third-order valence-electron chi connectivity index (χ3n) is 3.10. The van der Waals surface area contributed by atoms with Crippen molar-refractivity contribution in [3.05, 3.63) is 41.0 Å². The number of hydrogen-bond donors (Lipinski definition) is 1. The summed E-state index contributed by atoms with van der Waals surface area (Å²) in [5.41, 5.74) is 9.17. The van der Waals surface area contributed by atoms with Crippen LogP contribution in [0.2, 0.25) is 0 Å². The fourth-order valence-electron chi connectivity index (χ4n) is 2.04. The van der Waals surface area contributed by atoms with Gasteiger partial charge in [0.05, 0.1) is 13.1 Å². The molecule has 0 saturated carbocycles. The lowest BCUT2D eigenvalue weighted by Gasteiger charge is -2.23. The van der Waals surface area contributed by atoms with Crippen molar-refractivity contribution in [1.29, 1.82) is 0 Å². The first kappa shape index (κ1) is 13.5. The quantitative estimate of drug-likeness (QED) is 0.892. The van der Waals surface area contributed by atoms with Crippen molar-refractivity contribution in [1.82, 2.24) is 10.1 Å². The summed E-state index contributed by atoms with van der Waals surface area (Å²) in [4.78, 5) is 6.48. The SMILES string of the molecule is CCN(Cc1noc(CN)n1)c1cc(C)ccc1C. The van der Waals surface area contributed by atoms with Crippen LogP contribution in [0.1, 0.15) is 29.8 Å². The summed E-state index contributed by atoms with van der Waals surface area (Å²) in [7, 11) is 0. The van der Waals surface area contributed by atoms with E-state index < -0.39 is 0 Å². The number of aryl methyl sites for hydroxylation is 2. The summed E-state index contributed by atoms with van der Waals surface area (Å²) in [6.45, 7) is 8.12. The van der Waals surface area contributed by atoms with E-state index in [1.165, 1.54) is 16.8 Å². The normalized spacial score (nSPS) is 10.7. The second-order valence-electron chi connectivity index (χ2n) is 4.61. The third-order valence-corrected chi connectivity index (χ3v) is 3.10. The van der Waals surface area contributed by atoms with Crippen LogP contribution < -0.4 is 10.6 Å². The zero-order valence-electron chi connectivity index (χ0n) is 11.7. The topological polar surface area (TPSA) is 68.2 Å². The lowest BCUT2D eigenvalue weighted by molar-refractivity contribution is 0.374. The zero-order valence-corrected chi connectivity index (χ0v) is 11.7. The monoisotopic (exact) mass is 260 g/mol. The summed E-state index contributed by atoms with van der Waals surface area (Å²) >= 11 is 0. The van der Waals surface area contributed by atoms with Crippen LogP contribution in [0.3, 0.4) is 0 Å². The first-order valence-electron chi connectivity index (χ1n) is 6.47. The van der Waals surface area contributed by atoms with Crippen LogP contribution in [0, 0.1) is 13.8 Å². The molecular formula is C14H20N4O. The van der Waals surface area contributed by atoms with Gasteiger partial charge in [0.1, 0.15) is 0 Å². The molecule has 0 radical (unpaired) electrons. The molecule has 1 aromatic heterocycles. The van der Waals surface area contributed by atoms with Crippen LogP contribution in [0.25, 0.3) is 0 Å². The Kier molecular flexibility index (Phi) is 4.16. The van der Waals surface area contributed by atoms with Gasteiger partial charge in [0.25, 0.3) is 0 Å². The second kappa shape index (κ2) is 5.84. The summed E-state index contributed by atoms with van der Waals surface area (Å²) in [6, 6.07) is 6.44.